The molecule has 0 radical (unpaired) electrons. The van der Waals surface area contributed by atoms with Crippen molar-refractivity contribution >= 4 is 22.5 Å². The fourth-order valence-corrected chi connectivity index (χ4v) is 3.05. The Kier molecular flexibility index (Phi) is 3.75. The van der Waals surface area contributed by atoms with Gasteiger partial charge in [0.2, 0.25) is 0 Å². The molecule has 0 aliphatic rings. The molecule has 4 nitrogen and oxygen atoms in total. The number of hydrogen-bond acceptors (Lipinski definition) is 3. The van der Waals surface area contributed by atoms with E-state index in [0.717, 1.165) is 0 Å². The second-order valence-corrected chi connectivity index (χ2v) is 5.97. The zero-order valence-corrected chi connectivity index (χ0v) is 13.8. The number of phenolic OH excluding ortho intramolecular Hbond substituents is 1. The quantitative estimate of drug-likeness (QED) is 0.583. The van der Waals surface area contributed by atoms with Gasteiger partial charge < -0.3 is 5.11 Å². The van der Waals surface area contributed by atoms with Crippen molar-refractivity contribution in [2.24, 2.45) is 0 Å². The van der Waals surface area contributed by atoms with E-state index < -0.39 is 0 Å². The fraction of sp³-hybridized carbons (Fsp3) is 0. The van der Waals surface area contributed by atoms with Crippen LogP contribution in [-0.2, 0) is 0 Å². The second-order valence-electron chi connectivity index (χ2n) is 5.56. The van der Waals surface area contributed by atoms with Crippen molar-refractivity contribution in [1.29, 1.82) is 0 Å². The smallest absolute Gasteiger partial charge is 0.266 e. The molecule has 0 unspecified atom stereocenters. The average molecular weight is 349 g/mol. The minimum absolute atomic E-state index is 0.00464. The summed E-state index contributed by atoms with van der Waals surface area (Å²) in [6.07, 6.45) is 0. The lowest BCUT2D eigenvalue weighted by atomic mass is 10.1. The third-order valence-electron chi connectivity index (χ3n) is 4.01. The Morgan fingerprint density at radius 2 is 1.56 bits per heavy atom. The highest BCUT2D eigenvalue weighted by molar-refractivity contribution is 6.33. The van der Waals surface area contributed by atoms with Crippen LogP contribution in [-0.4, -0.2) is 14.7 Å². The maximum Gasteiger partial charge on any atom is 0.266 e. The van der Waals surface area contributed by atoms with Gasteiger partial charge in [-0.1, -0.05) is 48.0 Å². The second kappa shape index (κ2) is 6.07. The Bertz CT molecular complexity index is 1150. The van der Waals surface area contributed by atoms with Gasteiger partial charge >= 0.3 is 0 Å². The van der Waals surface area contributed by atoms with E-state index in [1.54, 1.807) is 48.5 Å². The molecule has 0 spiro atoms. The lowest BCUT2D eigenvalue weighted by molar-refractivity contribution is 0.472. The maximum atomic E-state index is 13.2. The SMILES string of the molecule is O=c1c2ccccc2nc(-c2ccccc2Cl)n1-c1ccccc1O. The minimum Gasteiger partial charge on any atom is -0.506 e. The first kappa shape index (κ1) is 15.4. The number of aromatic hydroxyl groups is 1. The Hall–Kier alpha value is -3.11. The van der Waals surface area contributed by atoms with Crippen LogP contribution in [0.25, 0.3) is 28.0 Å². The number of aromatic nitrogens is 2. The van der Waals surface area contributed by atoms with Gasteiger partial charge in [-0.05, 0) is 36.4 Å². The average Bonchev–Trinajstić information content (AvgIpc) is 2.63. The lowest BCUT2D eigenvalue weighted by Crippen LogP contribution is -2.22. The van der Waals surface area contributed by atoms with Gasteiger partial charge in [0.25, 0.3) is 5.56 Å². The van der Waals surface area contributed by atoms with Crippen molar-refractivity contribution in [2.75, 3.05) is 0 Å². The van der Waals surface area contributed by atoms with Crippen LogP contribution in [0.2, 0.25) is 5.02 Å². The summed E-state index contributed by atoms with van der Waals surface area (Å²) in [6, 6.07) is 21.0. The first-order chi connectivity index (χ1) is 12.2. The van der Waals surface area contributed by atoms with Crippen molar-refractivity contribution in [3.05, 3.63) is 88.2 Å². The number of rotatable bonds is 2. The van der Waals surface area contributed by atoms with Gasteiger partial charge in [0.1, 0.15) is 11.6 Å². The van der Waals surface area contributed by atoms with Crippen LogP contribution >= 0.6 is 11.6 Å². The summed E-state index contributed by atoms with van der Waals surface area (Å²) in [5, 5.41) is 11.2. The molecule has 0 aliphatic heterocycles. The predicted molar refractivity (Wildman–Crippen MR) is 99.5 cm³/mol. The van der Waals surface area contributed by atoms with Gasteiger partial charge in [0.15, 0.2) is 0 Å². The maximum absolute atomic E-state index is 13.2. The van der Waals surface area contributed by atoms with Gasteiger partial charge in [-0.25, -0.2) is 4.98 Å². The van der Waals surface area contributed by atoms with Crippen molar-refractivity contribution in [3.8, 4) is 22.8 Å². The number of para-hydroxylation sites is 3. The lowest BCUT2D eigenvalue weighted by Gasteiger charge is -2.15. The van der Waals surface area contributed by atoms with Crippen LogP contribution in [0.1, 0.15) is 0 Å². The molecule has 0 saturated heterocycles. The molecule has 0 fully saturated rings. The normalized spacial score (nSPS) is 10.9. The molecule has 0 amide bonds. The van der Waals surface area contributed by atoms with E-state index in [0.29, 0.717) is 33.0 Å². The van der Waals surface area contributed by atoms with Gasteiger partial charge in [-0.15, -0.1) is 0 Å². The first-order valence-electron chi connectivity index (χ1n) is 7.72. The van der Waals surface area contributed by atoms with Crippen molar-refractivity contribution < 1.29 is 5.11 Å². The molecule has 0 aliphatic carbocycles. The summed E-state index contributed by atoms with van der Waals surface area (Å²) >= 11 is 6.34. The van der Waals surface area contributed by atoms with E-state index in [1.165, 1.54) is 10.6 Å². The molecular formula is C20H13ClN2O2. The van der Waals surface area contributed by atoms with E-state index in [1.807, 2.05) is 18.2 Å². The molecule has 1 aromatic heterocycles. The van der Waals surface area contributed by atoms with Crippen LogP contribution in [0.5, 0.6) is 5.75 Å². The van der Waals surface area contributed by atoms with Crippen molar-refractivity contribution in [1.82, 2.24) is 9.55 Å². The number of benzene rings is 3. The van der Waals surface area contributed by atoms with E-state index in [9.17, 15) is 9.90 Å². The highest BCUT2D eigenvalue weighted by atomic mass is 35.5. The monoisotopic (exact) mass is 348 g/mol. The molecule has 25 heavy (non-hydrogen) atoms. The van der Waals surface area contributed by atoms with Crippen LogP contribution in [0, 0.1) is 0 Å². The molecule has 1 N–H and O–H groups in total. The number of phenols is 1. The zero-order chi connectivity index (χ0) is 17.4. The molecule has 122 valence electrons. The van der Waals surface area contributed by atoms with Gasteiger partial charge in [-0.2, -0.15) is 0 Å². The Morgan fingerprint density at radius 1 is 0.880 bits per heavy atom. The molecule has 3 aromatic carbocycles. The Balaban J connectivity index is 2.18. The van der Waals surface area contributed by atoms with Crippen LogP contribution in [0.4, 0.5) is 0 Å². The predicted octanol–water partition coefficient (Wildman–Crippen LogP) is 4.41. The topological polar surface area (TPSA) is 55.1 Å². The fourth-order valence-electron chi connectivity index (χ4n) is 2.83. The highest BCUT2D eigenvalue weighted by Gasteiger charge is 2.17. The first-order valence-corrected chi connectivity index (χ1v) is 8.09. The van der Waals surface area contributed by atoms with E-state index in [2.05, 4.69) is 4.98 Å². The number of fused-ring (bicyclic) bond motifs is 1. The Labute approximate surface area is 148 Å². The number of halogens is 1. The molecule has 0 atom stereocenters. The molecule has 0 saturated carbocycles. The summed E-state index contributed by atoms with van der Waals surface area (Å²) in [7, 11) is 0. The summed E-state index contributed by atoms with van der Waals surface area (Å²) in [4.78, 5) is 17.8. The summed E-state index contributed by atoms with van der Waals surface area (Å²) in [5.41, 5.74) is 1.30. The summed E-state index contributed by atoms with van der Waals surface area (Å²) in [5.74, 6) is 0.380. The standard InChI is InChI=1S/C20H13ClN2O2/c21-15-9-3-1-7-13(15)19-22-16-10-4-2-8-14(16)20(25)23(19)17-11-5-6-12-18(17)24/h1-12,24H. The van der Waals surface area contributed by atoms with Crippen LogP contribution < -0.4 is 5.56 Å². The largest absolute Gasteiger partial charge is 0.506 e. The third-order valence-corrected chi connectivity index (χ3v) is 4.34. The summed E-state index contributed by atoms with van der Waals surface area (Å²) < 4.78 is 1.40. The zero-order valence-electron chi connectivity index (χ0n) is 13.1. The van der Waals surface area contributed by atoms with Crippen molar-refractivity contribution in [2.45, 2.75) is 0 Å². The molecule has 1 heterocycles. The van der Waals surface area contributed by atoms with E-state index in [-0.39, 0.29) is 11.3 Å². The number of hydrogen-bond donors (Lipinski definition) is 1. The van der Waals surface area contributed by atoms with E-state index >= 15 is 0 Å². The minimum atomic E-state index is -0.262. The van der Waals surface area contributed by atoms with Crippen molar-refractivity contribution in [3.63, 3.8) is 0 Å². The van der Waals surface area contributed by atoms with Gasteiger partial charge in [0, 0.05) is 5.56 Å². The van der Waals surface area contributed by atoms with Gasteiger partial charge in [-0.3, -0.25) is 9.36 Å². The summed E-state index contributed by atoms with van der Waals surface area (Å²) in [6.45, 7) is 0. The third kappa shape index (κ3) is 2.57. The van der Waals surface area contributed by atoms with Gasteiger partial charge in [0.05, 0.1) is 21.6 Å². The number of nitrogens with zero attached hydrogens (tertiary/aromatic N) is 2. The van der Waals surface area contributed by atoms with E-state index in [4.69, 9.17) is 11.6 Å². The molecule has 0 bridgehead atoms. The highest BCUT2D eigenvalue weighted by Crippen LogP contribution is 2.30. The van der Waals surface area contributed by atoms with Crippen LogP contribution in [0.15, 0.2) is 77.6 Å². The van der Waals surface area contributed by atoms with Crippen LogP contribution in [0.3, 0.4) is 0 Å². The molecular weight excluding hydrogens is 336 g/mol. The molecule has 4 aromatic rings. The molecule has 4 rings (SSSR count). The Morgan fingerprint density at radius 3 is 2.36 bits per heavy atom. The molecule has 5 heteroatoms.